The normalized spacial score (nSPS) is 22.3. The molecule has 0 saturated carbocycles. The summed E-state index contributed by atoms with van der Waals surface area (Å²) in [7, 11) is -5.98. The van der Waals surface area contributed by atoms with Gasteiger partial charge in [0, 0.05) is 7.11 Å². The number of ether oxygens (including phenoxy) is 1. The fourth-order valence-corrected chi connectivity index (χ4v) is 4.94. The molecule has 0 bridgehead atoms. The molecule has 0 radical (unpaired) electrons. The molecule has 9 nitrogen and oxygen atoms in total. The Kier molecular flexibility index (Phi) is 4.66. The lowest BCUT2D eigenvalue weighted by Gasteiger charge is -2.22. The van der Waals surface area contributed by atoms with Gasteiger partial charge in [-0.1, -0.05) is 6.42 Å². The highest BCUT2D eigenvalue weighted by atomic mass is 32.2. The first-order valence-corrected chi connectivity index (χ1v) is 9.70. The van der Waals surface area contributed by atoms with Crippen molar-refractivity contribution in [2.24, 2.45) is 5.14 Å². The molecule has 2 heterocycles. The van der Waals surface area contributed by atoms with Crippen molar-refractivity contribution in [3.05, 3.63) is 5.82 Å². The molecule has 0 amide bonds. The Balaban J connectivity index is 2.50. The van der Waals surface area contributed by atoms with Crippen molar-refractivity contribution in [1.82, 2.24) is 14.8 Å². The predicted octanol–water partition coefficient (Wildman–Crippen LogP) is -0.788. The number of hydrogen-bond donors (Lipinski definition) is 1. The van der Waals surface area contributed by atoms with Crippen LogP contribution in [0.15, 0.2) is 5.16 Å². The van der Waals surface area contributed by atoms with E-state index in [9.17, 15) is 16.8 Å². The fourth-order valence-electron chi connectivity index (χ4n) is 2.39. The van der Waals surface area contributed by atoms with Crippen LogP contribution >= 0.6 is 0 Å². The summed E-state index contributed by atoms with van der Waals surface area (Å²) in [6.07, 6.45) is 1.75. The van der Waals surface area contributed by atoms with E-state index in [1.807, 2.05) is 0 Å². The highest BCUT2D eigenvalue weighted by molar-refractivity contribution is 7.91. The van der Waals surface area contributed by atoms with Crippen LogP contribution in [0.3, 0.4) is 0 Å². The van der Waals surface area contributed by atoms with E-state index in [0.29, 0.717) is 12.8 Å². The predicted molar refractivity (Wildman–Crippen MR) is 73.7 cm³/mol. The number of sulfonamides is 1. The minimum Gasteiger partial charge on any atom is -0.383 e. The smallest absolute Gasteiger partial charge is 0.273 e. The van der Waals surface area contributed by atoms with E-state index < -0.39 is 30.3 Å². The molecule has 0 aromatic carbocycles. The fraction of sp³-hybridized carbons (Fsp3) is 0.800. The second-order valence-corrected chi connectivity index (χ2v) is 8.64. The second kappa shape index (κ2) is 5.99. The third kappa shape index (κ3) is 3.42. The van der Waals surface area contributed by atoms with Gasteiger partial charge in [0.2, 0.25) is 0 Å². The van der Waals surface area contributed by atoms with E-state index in [0.717, 1.165) is 6.42 Å². The molecular weight excluding hydrogens is 320 g/mol. The summed E-state index contributed by atoms with van der Waals surface area (Å²) in [5.41, 5.74) is 0. The van der Waals surface area contributed by atoms with Crippen LogP contribution in [0.2, 0.25) is 0 Å². The maximum atomic E-state index is 12.2. The summed E-state index contributed by atoms with van der Waals surface area (Å²) in [5, 5.41) is 11.2. The van der Waals surface area contributed by atoms with E-state index in [2.05, 4.69) is 10.2 Å². The molecule has 1 aromatic heterocycles. The largest absolute Gasteiger partial charge is 0.383 e. The van der Waals surface area contributed by atoms with Crippen LogP contribution in [-0.2, 0) is 31.1 Å². The zero-order chi connectivity index (χ0) is 15.7. The molecule has 0 spiro atoms. The zero-order valence-corrected chi connectivity index (χ0v) is 13.2. The first-order valence-electron chi connectivity index (χ1n) is 6.44. The van der Waals surface area contributed by atoms with Gasteiger partial charge in [-0.3, -0.25) is 4.57 Å². The van der Waals surface area contributed by atoms with E-state index >= 15 is 0 Å². The first kappa shape index (κ1) is 16.3. The Morgan fingerprint density at radius 1 is 1.38 bits per heavy atom. The number of primary sulfonamides is 1. The van der Waals surface area contributed by atoms with Crippen molar-refractivity contribution >= 4 is 19.9 Å². The molecule has 2 rings (SSSR count). The number of aromatic nitrogens is 3. The van der Waals surface area contributed by atoms with Crippen molar-refractivity contribution in [1.29, 1.82) is 0 Å². The van der Waals surface area contributed by atoms with Crippen LogP contribution in [0, 0.1) is 0 Å². The molecule has 1 aliphatic heterocycles. The summed E-state index contributed by atoms with van der Waals surface area (Å²) >= 11 is 0. The van der Waals surface area contributed by atoms with E-state index in [4.69, 9.17) is 9.88 Å². The van der Waals surface area contributed by atoms with Gasteiger partial charge in [-0.15, -0.1) is 10.2 Å². The van der Waals surface area contributed by atoms with Gasteiger partial charge in [-0.25, -0.2) is 22.0 Å². The first-order chi connectivity index (χ1) is 9.77. The van der Waals surface area contributed by atoms with Crippen molar-refractivity contribution in [2.75, 3.05) is 19.5 Å². The molecule has 0 aliphatic carbocycles. The summed E-state index contributed by atoms with van der Waals surface area (Å²) in [6, 6.07) is 0. The van der Waals surface area contributed by atoms with Crippen molar-refractivity contribution in [3.63, 3.8) is 0 Å². The van der Waals surface area contributed by atoms with Gasteiger partial charge < -0.3 is 4.74 Å². The van der Waals surface area contributed by atoms with Crippen LogP contribution in [0.25, 0.3) is 0 Å². The average molecular weight is 338 g/mol. The number of nitrogens with zero attached hydrogens (tertiary/aromatic N) is 3. The molecule has 1 saturated heterocycles. The standard InChI is InChI=1S/C10H18N4O5S2/c1-19-6-5-14-9(12-13-10(14)21(11,17)18)8-4-2-3-7-20(8,15)16/h8H,2-7H2,1H3,(H2,11,17,18). The topological polar surface area (TPSA) is 134 Å². The number of methoxy groups -OCH3 is 1. The van der Waals surface area contributed by atoms with Crippen LogP contribution in [-0.4, -0.2) is 51.1 Å². The van der Waals surface area contributed by atoms with E-state index in [-0.39, 0.29) is 24.7 Å². The summed E-state index contributed by atoms with van der Waals surface area (Å²) in [5.74, 6) is 0.190. The zero-order valence-electron chi connectivity index (χ0n) is 11.6. The maximum Gasteiger partial charge on any atom is 0.273 e. The minimum absolute atomic E-state index is 0.0690. The lowest BCUT2D eigenvalue weighted by atomic mass is 10.2. The van der Waals surface area contributed by atoms with Gasteiger partial charge in [0.15, 0.2) is 15.7 Å². The SMILES string of the molecule is COCCn1c(C2CCCCS2(=O)=O)nnc1S(N)(=O)=O. The molecule has 120 valence electrons. The van der Waals surface area contributed by atoms with Gasteiger partial charge in [-0.2, -0.15) is 0 Å². The second-order valence-electron chi connectivity index (χ2n) is 4.88. The highest BCUT2D eigenvalue weighted by Crippen LogP contribution is 2.33. The van der Waals surface area contributed by atoms with Crippen LogP contribution < -0.4 is 5.14 Å². The Bertz CT molecular complexity index is 710. The number of rotatable bonds is 5. The van der Waals surface area contributed by atoms with Crippen molar-refractivity contribution in [2.45, 2.75) is 36.2 Å². The molecule has 1 fully saturated rings. The lowest BCUT2D eigenvalue weighted by molar-refractivity contribution is 0.183. The molecule has 1 unspecified atom stereocenters. The van der Waals surface area contributed by atoms with Gasteiger partial charge >= 0.3 is 0 Å². The Hall–Kier alpha value is -1.04. The van der Waals surface area contributed by atoms with E-state index in [1.165, 1.54) is 11.7 Å². The van der Waals surface area contributed by atoms with Gasteiger partial charge in [0.25, 0.3) is 15.2 Å². The van der Waals surface area contributed by atoms with Gasteiger partial charge in [0.05, 0.1) is 18.9 Å². The molecule has 21 heavy (non-hydrogen) atoms. The molecule has 11 heteroatoms. The number of nitrogens with two attached hydrogens (primary N) is 1. The number of hydrogen-bond acceptors (Lipinski definition) is 7. The van der Waals surface area contributed by atoms with Crippen LogP contribution in [0.4, 0.5) is 0 Å². The quantitative estimate of drug-likeness (QED) is 0.743. The number of sulfone groups is 1. The summed E-state index contributed by atoms with van der Waals surface area (Å²) in [4.78, 5) is 0. The molecule has 1 aliphatic rings. The van der Waals surface area contributed by atoms with Crippen molar-refractivity contribution in [3.8, 4) is 0 Å². The Labute approximate surface area is 123 Å². The average Bonchev–Trinajstić information content (AvgIpc) is 2.79. The molecule has 1 atom stereocenters. The Morgan fingerprint density at radius 3 is 2.67 bits per heavy atom. The monoisotopic (exact) mass is 338 g/mol. The summed E-state index contributed by atoms with van der Waals surface area (Å²) in [6.45, 7) is 0.316. The third-order valence-electron chi connectivity index (χ3n) is 3.39. The van der Waals surface area contributed by atoms with Gasteiger partial charge in [0.1, 0.15) is 5.25 Å². The van der Waals surface area contributed by atoms with Gasteiger partial charge in [-0.05, 0) is 12.8 Å². The van der Waals surface area contributed by atoms with Crippen molar-refractivity contribution < 1.29 is 21.6 Å². The highest BCUT2D eigenvalue weighted by Gasteiger charge is 2.36. The van der Waals surface area contributed by atoms with E-state index in [1.54, 1.807) is 0 Å². The minimum atomic E-state index is -4.08. The molecular formula is C10H18N4O5S2. The van der Waals surface area contributed by atoms with Crippen LogP contribution in [0.1, 0.15) is 30.3 Å². The third-order valence-corrected chi connectivity index (χ3v) is 6.37. The molecule has 2 N–H and O–H groups in total. The Morgan fingerprint density at radius 2 is 2.10 bits per heavy atom. The van der Waals surface area contributed by atoms with Crippen LogP contribution in [0.5, 0.6) is 0 Å². The lowest BCUT2D eigenvalue weighted by Crippen LogP contribution is -2.27. The molecule has 1 aromatic rings. The maximum absolute atomic E-state index is 12.2. The summed E-state index contributed by atoms with van der Waals surface area (Å²) < 4.78 is 53.6.